The van der Waals surface area contributed by atoms with Gasteiger partial charge in [-0.15, -0.1) is 0 Å². The molecular weight excluding hydrogens is 536 g/mol. The second kappa shape index (κ2) is 8.76. The molecule has 10 rings (SSSR count). The number of para-hydroxylation sites is 1. The van der Waals surface area contributed by atoms with E-state index < -0.39 is 0 Å². The molecule has 0 aliphatic heterocycles. The second-order valence-corrected chi connectivity index (χ2v) is 11.5. The van der Waals surface area contributed by atoms with E-state index in [1.54, 1.807) is 12.4 Å². The number of nitrogens with zero attached hydrogens (tertiary/aromatic N) is 4. The average molecular weight is 561 g/mol. The molecular formula is C40H24N4. The molecule has 204 valence electrons. The van der Waals surface area contributed by atoms with Crippen molar-refractivity contribution in [2.45, 2.75) is 0 Å². The predicted molar refractivity (Wildman–Crippen MR) is 183 cm³/mol. The molecule has 0 radical (unpaired) electrons. The van der Waals surface area contributed by atoms with E-state index in [2.05, 4.69) is 153 Å². The Labute approximate surface area is 252 Å². The van der Waals surface area contributed by atoms with Crippen LogP contribution in [0.1, 0.15) is 0 Å². The van der Waals surface area contributed by atoms with Crippen LogP contribution in [-0.4, -0.2) is 19.1 Å². The van der Waals surface area contributed by atoms with Crippen LogP contribution in [0, 0.1) is 0 Å². The van der Waals surface area contributed by atoms with Crippen LogP contribution in [0.2, 0.25) is 0 Å². The van der Waals surface area contributed by atoms with Crippen LogP contribution in [0.3, 0.4) is 0 Å². The average Bonchev–Trinajstić information content (AvgIpc) is 3.59. The molecule has 0 amide bonds. The van der Waals surface area contributed by atoms with Crippen molar-refractivity contribution < 1.29 is 0 Å². The molecule has 44 heavy (non-hydrogen) atoms. The zero-order valence-electron chi connectivity index (χ0n) is 23.6. The van der Waals surface area contributed by atoms with Crippen LogP contribution >= 0.6 is 0 Å². The Morgan fingerprint density at radius 1 is 0.364 bits per heavy atom. The van der Waals surface area contributed by atoms with Gasteiger partial charge in [0.2, 0.25) is 0 Å². The first kappa shape index (κ1) is 23.6. The summed E-state index contributed by atoms with van der Waals surface area (Å²) in [7, 11) is 0. The van der Waals surface area contributed by atoms with Crippen LogP contribution in [0.4, 0.5) is 0 Å². The van der Waals surface area contributed by atoms with Gasteiger partial charge in [0.15, 0.2) is 0 Å². The van der Waals surface area contributed by atoms with Crippen molar-refractivity contribution in [1.29, 1.82) is 0 Å². The van der Waals surface area contributed by atoms with Crippen molar-refractivity contribution in [2.75, 3.05) is 0 Å². The van der Waals surface area contributed by atoms with Gasteiger partial charge in [0, 0.05) is 45.3 Å². The van der Waals surface area contributed by atoms with Gasteiger partial charge in [0.1, 0.15) is 0 Å². The zero-order valence-corrected chi connectivity index (χ0v) is 23.6. The van der Waals surface area contributed by atoms with E-state index in [1.807, 2.05) is 0 Å². The third-order valence-corrected chi connectivity index (χ3v) is 9.16. The first-order chi connectivity index (χ1) is 21.8. The molecule has 10 aromatic rings. The number of benzene rings is 7. The first-order valence-electron chi connectivity index (χ1n) is 14.9. The highest BCUT2D eigenvalue weighted by Gasteiger charge is 2.21. The summed E-state index contributed by atoms with van der Waals surface area (Å²) in [5.74, 6) is 0. The fourth-order valence-corrected chi connectivity index (χ4v) is 7.29. The molecule has 0 bridgehead atoms. The maximum absolute atomic E-state index is 4.64. The van der Waals surface area contributed by atoms with Crippen LogP contribution < -0.4 is 0 Å². The van der Waals surface area contributed by atoms with E-state index in [-0.39, 0.29) is 0 Å². The molecule has 0 aliphatic rings. The minimum atomic E-state index is 0.881. The summed E-state index contributed by atoms with van der Waals surface area (Å²) >= 11 is 0. The summed E-state index contributed by atoms with van der Waals surface area (Å²) in [5.41, 5.74) is 8.72. The van der Waals surface area contributed by atoms with E-state index in [4.69, 9.17) is 0 Å². The van der Waals surface area contributed by atoms with Crippen molar-refractivity contribution in [3.8, 4) is 11.4 Å². The summed E-state index contributed by atoms with van der Waals surface area (Å²) in [4.78, 5) is 9.17. The van der Waals surface area contributed by atoms with Gasteiger partial charge >= 0.3 is 0 Å². The van der Waals surface area contributed by atoms with E-state index >= 15 is 0 Å². The monoisotopic (exact) mass is 560 g/mol. The quantitative estimate of drug-likeness (QED) is 0.211. The molecule has 4 heteroatoms. The highest BCUT2D eigenvalue weighted by molar-refractivity contribution is 6.28. The molecule has 0 saturated carbocycles. The number of hydrogen-bond acceptors (Lipinski definition) is 2. The van der Waals surface area contributed by atoms with Gasteiger partial charge < -0.3 is 9.13 Å². The Kier molecular flexibility index (Phi) is 4.69. The summed E-state index contributed by atoms with van der Waals surface area (Å²) in [5, 5.41) is 10.0. The molecule has 0 spiro atoms. The summed E-state index contributed by atoms with van der Waals surface area (Å²) in [6, 6.07) is 48.4. The number of aromatic nitrogens is 4. The third kappa shape index (κ3) is 3.17. The lowest BCUT2D eigenvalue weighted by molar-refractivity contribution is 1.16. The fourth-order valence-electron chi connectivity index (χ4n) is 7.29. The Balaban J connectivity index is 1.45. The van der Waals surface area contributed by atoms with Crippen molar-refractivity contribution in [3.05, 3.63) is 146 Å². The van der Waals surface area contributed by atoms with Gasteiger partial charge in [-0.2, -0.15) is 0 Å². The lowest BCUT2D eigenvalue weighted by Gasteiger charge is -2.10. The van der Waals surface area contributed by atoms with Gasteiger partial charge in [-0.25, -0.2) is 0 Å². The zero-order chi connectivity index (χ0) is 28.8. The molecule has 0 saturated heterocycles. The van der Waals surface area contributed by atoms with Gasteiger partial charge in [-0.3, -0.25) is 9.97 Å². The smallest absolute Gasteiger partial charge is 0.0907 e. The minimum absolute atomic E-state index is 0.881. The molecule has 3 heterocycles. The lowest BCUT2D eigenvalue weighted by atomic mass is 10.0. The van der Waals surface area contributed by atoms with Gasteiger partial charge in [0.05, 0.1) is 33.1 Å². The van der Waals surface area contributed by atoms with Crippen molar-refractivity contribution >= 4 is 76.2 Å². The highest BCUT2D eigenvalue weighted by atomic mass is 15.0. The Morgan fingerprint density at radius 2 is 0.932 bits per heavy atom. The third-order valence-electron chi connectivity index (χ3n) is 9.16. The van der Waals surface area contributed by atoms with E-state index in [0.29, 0.717) is 0 Å². The maximum atomic E-state index is 4.64. The van der Waals surface area contributed by atoms with Gasteiger partial charge in [-0.1, -0.05) is 78.9 Å². The SMILES string of the molecule is c1ccc(-n2c3cc4c(cc3c3c5ccccc5ccc32)c2c3ccccc3ccc2n4-c2ccc3nccnc3c2)cc1. The normalized spacial score (nSPS) is 12.1. The molecule has 3 aromatic heterocycles. The van der Waals surface area contributed by atoms with Gasteiger partial charge in [0.25, 0.3) is 0 Å². The molecule has 7 aromatic carbocycles. The van der Waals surface area contributed by atoms with Crippen LogP contribution in [0.25, 0.3) is 87.6 Å². The molecule has 0 fully saturated rings. The topological polar surface area (TPSA) is 35.6 Å². The molecule has 0 unspecified atom stereocenters. The molecule has 0 aliphatic carbocycles. The maximum Gasteiger partial charge on any atom is 0.0907 e. The summed E-state index contributed by atoms with van der Waals surface area (Å²) in [6.45, 7) is 0. The second-order valence-electron chi connectivity index (χ2n) is 11.5. The van der Waals surface area contributed by atoms with Crippen molar-refractivity contribution in [1.82, 2.24) is 19.1 Å². The molecule has 0 N–H and O–H groups in total. The number of rotatable bonds is 2. The summed E-state index contributed by atoms with van der Waals surface area (Å²) < 4.78 is 4.82. The minimum Gasteiger partial charge on any atom is -0.309 e. The van der Waals surface area contributed by atoms with E-state index in [1.165, 1.54) is 59.6 Å². The van der Waals surface area contributed by atoms with Crippen molar-refractivity contribution in [2.24, 2.45) is 0 Å². The van der Waals surface area contributed by atoms with Crippen LogP contribution in [0.5, 0.6) is 0 Å². The standard InChI is InChI=1S/C40H24N4/c1-2-10-27(11-3-1)43-35-18-14-25-8-4-6-12-29(25)39(35)31-23-32-38(24-37(31)43)44(28-16-17-33-34(22-28)42-21-20-41-33)36-19-15-26-9-5-7-13-30(26)40(32)36/h1-24H. The van der Waals surface area contributed by atoms with Crippen molar-refractivity contribution in [3.63, 3.8) is 0 Å². The van der Waals surface area contributed by atoms with Gasteiger partial charge in [-0.05, 0) is 76.1 Å². The van der Waals surface area contributed by atoms with E-state index in [0.717, 1.165) is 27.9 Å². The fraction of sp³-hybridized carbons (Fsp3) is 0. The predicted octanol–water partition coefficient (Wildman–Crippen LogP) is 10.1. The Morgan fingerprint density at radius 3 is 1.59 bits per heavy atom. The molecule has 4 nitrogen and oxygen atoms in total. The first-order valence-corrected chi connectivity index (χ1v) is 14.9. The van der Waals surface area contributed by atoms with Crippen LogP contribution in [0.15, 0.2) is 146 Å². The van der Waals surface area contributed by atoms with E-state index in [9.17, 15) is 0 Å². The lowest BCUT2D eigenvalue weighted by Crippen LogP contribution is -1.96. The highest BCUT2D eigenvalue weighted by Crippen LogP contribution is 2.43. The number of hydrogen-bond donors (Lipinski definition) is 0. The largest absolute Gasteiger partial charge is 0.309 e. The summed E-state index contributed by atoms with van der Waals surface area (Å²) in [6.07, 6.45) is 3.51. The van der Waals surface area contributed by atoms with Crippen LogP contribution in [-0.2, 0) is 0 Å². The molecule has 0 atom stereocenters. The number of fused-ring (bicyclic) bond motifs is 11. The Hall–Kier alpha value is -6.00. The Bertz CT molecular complexity index is 2770.